The van der Waals surface area contributed by atoms with Crippen molar-refractivity contribution in [2.24, 2.45) is 5.41 Å². The Labute approximate surface area is 103 Å². The smallest absolute Gasteiger partial charge is 0.255 e. The zero-order valence-corrected chi connectivity index (χ0v) is 9.85. The van der Waals surface area contributed by atoms with E-state index in [-0.39, 0.29) is 12.0 Å². The van der Waals surface area contributed by atoms with Crippen molar-refractivity contribution < 1.29 is 5.11 Å². The normalized spacial score (nSPS) is 17.3. The van der Waals surface area contributed by atoms with Gasteiger partial charge in [-0.25, -0.2) is 0 Å². The van der Waals surface area contributed by atoms with Crippen molar-refractivity contribution in [3.8, 4) is 0 Å². The molecular weight excluding hydrogens is 242 g/mol. The number of hydrogen-bond donors (Lipinski definition) is 2. The maximum atomic E-state index is 9.25. The predicted molar refractivity (Wildman–Crippen MR) is 63.0 cm³/mol. The second-order valence-corrected chi connectivity index (χ2v) is 4.83. The largest absolute Gasteiger partial charge is 0.396 e. The summed E-state index contributed by atoms with van der Waals surface area (Å²) in [6.07, 6.45) is 3.54. The fourth-order valence-corrected chi connectivity index (χ4v) is 1.93. The van der Waals surface area contributed by atoms with Crippen LogP contribution in [0.25, 0.3) is 5.78 Å². The molecule has 90 valence electrons. The highest BCUT2D eigenvalue weighted by Gasteiger charge is 2.41. The molecule has 1 aliphatic rings. The first-order valence-electron chi connectivity index (χ1n) is 5.43. The average Bonchev–Trinajstić information content (AvgIpc) is 2.96. The Morgan fingerprint density at radius 2 is 2.35 bits per heavy atom. The van der Waals surface area contributed by atoms with Gasteiger partial charge in [0.25, 0.3) is 5.78 Å². The van der Waals surface area contributed by atoms with Gasteiger partial charge in [-0.2, -0.15) is 19.6 Å². The number of nitrogens with zero attached hydrogens (tertiary/aromatic N) is 4. The highest BCUT2D eigenvalue weighted by molar-refractivity contribution is 6.29. The molecule has 0 aromatic carbocycles. The van der Waals surface area contributed by atoms with E-state index in [4.69, 9.17) is 11.6 Å². The summed E-state index contributed by atoms with van der Waals surface area (Å²) in [5, 5.41) is 16.9. The Morgan fingerprint density at radius 3 is 3.06 bits per heavy atom. The highest BCUT2D eigenvalue weighted by Crippen LogP contribution is 2.44. The van der Waals surface area contributed by atoms with Crippen LogP contribution in [0.2, 0.25) is 5.15 Å². The van der Waals surface area contributed by atoms with Crippen LogP contribution in [0, 0.1) is 5.41 Å². The molecule has 1 saturated carbocycles. The van der Waals surface area contributed by atoms with E-state index < -0.39 is 0 Å². The molecule has 1 fully saturated rings. The van der Waals surface area contributed by atoms with Gasteiger partial charge in [-0.15, -0.1) is 0 Å². The first kappa shape index (κ1) is 10.7. The number of nitrogens with one attached hydrogen (secondary N) is 1. The maximum Gasteiger partial charge on any atom is 0.255 e. The Bertz CT molecular complexity index is 551. The van der Waals surface area contributed by atoms with Crippen LogP contribution in [0.15, 0.2) is 12.4 Å². The standard InChI is InChI=1S/C10H12ClN5O/c11-7-3-8(12-4-10(5-17)1-2-10)16-9(15-7)13-6-14-16/h3,6,12,17H,1-2,4-5H2. The van der Waals surface area contributed by atoms with Gasteiger partial charge in [0.1, 0.15) is 17.3 Å². The van der Waals surface area contributed by atoms with E-state index in [1.165, 1.54) is 6.33 Å². The lowest BCUT2D eigenvalue weighted by Gasteiger charge is -2.14. The van der Waals surface area contributed by atoms with Gasteiger partial charge in [-0.05, 0) is 12.8 Å². The fourth-order valence-electron chi connectivity index (χ4n) is 1.75. The summed E-state index contributed by atoms with van der Waals surface area (Å²) in [6.45, 7) is 0.915. The number of aliphatic hydroxyl groups is 1. The van der Waals surface area contributed by atoms with E-state index in [2.05, 4.69) is 20.4 Å². The van der Waals surface area contributed by atoms with Crippen LogP contribution in [-0.2, 0) is 0 Å². The summed E-state index contributed by atoms with van der Waals surface area (Å²) < 4.78 is 1.60. The summed E-state index contributed by atoms with van der Waals surface area (Å²) in [5.74, 6) is 1.21. The Balaban J connectivity index is 1.86. The molecule has 3 rings (SSSR count). The van der Waals surface area contributed by atoms with Crippen molar-refractivity contribution in [3.63, 3.8) is 0 Å². The van der Waals surface area contributed by atoms with Gasteiger partial charge in [0.05, 0.1) is 6.61 Å². The first-order valence-corrected chi connectivity index (χ1v) is 5.81. The van der Waals surface area contributed by atoms with Crippen LogP contribution in [0.1, 0.15) is 12.8 Å². The Kier molecular flexibility index (Phi) is 2.41. The molecular formula is C10H12ClN5O. The average molecular weight is 254 g/mol. The van der Waals surface area contributed by atoms with E-state index >= 15 is 0 Å². The monoisotopic (exact) mass is 253 g/mol. The number of aromatic nitrogens is 4. The van der Waals surface area contributed by atoms with Crippen LogP contribution in [0.3, 0.4) is 0 Å². The molecule has 0 unspecified atom stereocenters. The van der Waals surface area contributed by atoms with Gasteiger partial charge >= 0.3 is 0 Å². The summed E-state index contributed by atoms with van der Waals surface area (Å²) >= 11 is 5.90. The highest BCUT2D eigenvalue weighted by atomic mass is 35.5. The van der Waals surface area contributed by atoms with Gasteiger partial charge in [0, 0.05) is 18.0 Å². The second kappa shape index (κ2) is 3.82. The van der Waals surface area contributed by atoms with Gasteiger partial charge in [0.15, 0.2) is 0 Å². The van der Waals surface area contributed by atoms with Crippen molar-refractivity contribution in [3.05, 3.63) is 17.5 Å². The van der Waals surface area contributed by atoms with Gasteiger partial charge in [-0.3, -0.25) is 0 Å². The Morgan fingerprint density at radius 1 is 1.53 bits per heavy atom. The lowest BCUT2D eigenvalue weighted by atomic mass is 10.1. The minimum atomic E-state index is 0.0304. The number of halogens is 1. The van der Waals surface area contributed by atoms with Crippen molar-refractivity contribution in [1.29, 1.82) is 0 Å². The number of aliphatic hydroxyl groups excluding tert-OH is 1. The van der Waals surface area contributed by atoms with Gasteiger partial charge < -0.3 is 10.4 Å². The topological polar surface area (TPSA) is 75.3 Å². The first-order chi connectivity index (χ1) is 8.22. The molecule has 0 atom stereocenters. The molecule has 2 N–H and O–H groups in total. The SMILES string of the molecule is OCC1(CNc2cc(Cl)nc3ncnn23)CC1. The van der Waals surface area contributed by atoms with E-state index in [1.54, 1.807) is 10.6 Å². The predicted octanol–water partition coefficient (Wildman–Crippen LogP) is 0.962. The van der Waals surface area contributed by atoms with E-state index in [0.717, 1.165) is 18.7 Å². The zero-order valence-electron chi connectivity index (χ0n) is 9.10. The molecule has 17 heavy (non-hydrogen) atoms. The van der Waals surface area contributed by atoms with Crippen molar-refractivity contribution >= 4 is 23.2 Å². The zero-order chi connectivity index (χ0) is 11.9. The lowest BCUT2D eigenvalue weighted by molar-refractivity contribution is 0.219. The minimum Gasteiger partial charge on any atom is -0.396 e. The molecule has 7 heteroatoms. The summed E-state index contributed by atoms with van der Waals surface area (Å²) in [4.78, 5) is 8.03. The van der Waals surface area contributed by atoms with Crippen LogP contribution in [0.5, 0.6) is 0 Å². The number of hydrogen-bond acceptors (Lipinski definition) is 5. The molecule has 6 nitrogen and oxygen atoms in total. The molecule has 0 bridgehead atoms. The number of rotatable bonds is 4. The molecule has 0 aliphatic heterocycles. The van der Waals surface area contributed by atoms with Gasteiger partial charge in [0.2, 0.25) is 0 Å². The molecule has 2 aromatic heterocycles. The molecule has 1 aliphatic carbocycles. The van der Waals surface area contributed by atoms with Crippen LogP contribution in [0.4, 0.5) is 5.82 Å². The third-order valence-electron chi connectivity index (χ3n) is 3.16. The maximum absolute atomic E-state index is 9.25. The Hall–Kier alpha value is -1.40. The van der Waals surface area contributed by atoms with Crippen LogP contribution in [-0.4, -0.2) is 37.8 Å². The van der Waals surface area contributed by atoms with E-state index in [9.17, 15) is 5.11 Å². The van der Waals surface area contributed by atoms with Crippen molar-refractivity contribution in [2.75, 3.05) is 18.5 Å². The summed E-state index contributed by atoms with van der Waals surface area (Å²) in [7, 11) is 0. The van der Waals surface area contributed by atoms with Crippen molar-refractivity contribution in [2.45, 2.75) is 12.8 Å². The number of fused-ring (bicyclic) bond motifs is 1. The third-order valence-corrected chi connectivity index (χ3v) is 3.35. The lowest BCUT2D eigenvalue weighted by Crippen LogP contribution is -2.20. The van der Waals surface area contributed by atoms with Crippen LogP contribution >= 0.6 is 11.6 Å². The third kappa shape index (κ3) is 1.94. The molecule has 0 saturated heterocycles. The second-order valence-electron chi connectivity index (χ2n) is 4.45. The quantitative estimate of drug-likeness (QED) is 0.794. The summed E-state index contributed by atoms with van der Waals surface area (Å²) in [6, 6.07) is 1.71. The summed E-state index contributed by atoms with van der Waals surface area (Å²) in [5.41, 5.74) is 0.0304. The molecule has 0 amide bonds. The molecule has 0 radical (unpaired) electrons. The minimum absolute atomic E-state index is 0.0304. The van der Waals surface area contributed by atoms with E-state index in [1.807, 2.05) is 0 Å². The molecule has 0 spiro atoms. The van der Waals surface area contributed by atoms with E-state index in [0.29, 0.717) is 17.5 Å². The molecule has 2 aromatic rings. The number of anilines is 1. The van der Waals surface area contributed by atoms with Crippen LogP contribution < -0.4 is 5.32 Å². The fraction of sp³-hybridized carbons (Fsp3) is 0.500. The van der Waals surface area contributed by atoms with Crippen molar-refractivity contribution in [1.82, 2.24) is 19.6 Å². The van der Waals surface area contributed by atoms with Gasteiger partial charge in [-0.1, -0.05) is 11.6 Å². The molecule has 2 heterocycles.